The van der Waals surface area contributed by atoms with E-state index in [-0.39, 0.29) is 11.8 Å². The van der Waals surface area contributed by atoms with Crippen molar-refractivity contribution < 1.29 is 9.59 Å². The second kappa shape index (κ2) is 8.04. The number of thiazole rings is 1. The summed E-state index contributed by atoms with van der Waals surface area (Å²) in [6.45, 7) is 2.00. The highest BCUT2D eigenvalue weighted by molar-refractivity contribution is 7.14. The van der Waals surface area contributed by atoms with Crippen molar-refractivity contribution in [3.8, 4) is 0 Å². The molecule has 0 unspecified atom stereocenters. The molecule has 128 valence electrons. The van der Waals surface area contributed by atoms with Crippen LogP contribution in [-0.2, 0) is 11.2 Å². The van der Waals surface area contributed by atoms with E-state index in [2.05, 4.69) is 15.6 Å². The smallest absolute Gasteiger partial charge is 0.267 e. The Balaban J connectivity index is 1.49. The molecule has 0 saturated carbocycles. The molecule has 0 radical (unpaired) electrons. The molecule has 0 aliphatic heterocycles. The first-order valence-electron chi connectivity index (χ1n) is 7.76. The van der Waals surface area contributed by atoms with E-state index in [4.69, 9.17) is 0 Å². The molecule has 0 aliphatic carbocycles. The highest BCUT2D eigenvalue weighted by Crippen LogP contribution is 2.19. The molecule has 3 aromatic rings. The van der Waals surface area contributed by atoms with Gasteiger partial charge in [0, 0.05) is 17.5 Å². The van der Waals surface area contributed by atoms with Crippen molar-refractivity contribution in [1.82, 2.24) is 4.98 Å². The number of aromatic nitrogens is 1. The maximum atomic E-state index is 12.0. The molecule has 0 atom stereocenters. The third-order valence-electron chi connectivity index (χ3n) is 3.46. The van der Waals surface area contributed by atoms with E-state index in [9.17, 15) is 9.59 Å². The van der Waals surface area contributed by atoms with Gasteiger partial charge in [-0.05, 0) is 36.9 Å². The van der Waals surface area contributed by atoms with Gasteiger partial charge in [0.15, 0.2) is 5.13 Å². The Morgan fingerprint density at radius 2 is 1.88 bits per heavy atom. The zero-order chi connectivity index (χ0) is 17.6. The van der Waals surface area contributed by atoms with Crippen LogP contribution in [0.1, 0.15) is 27.3 Å². The van der Waals surface area contributed by atoms with Crippen LogP contribution in [0.5, 0.6) is 0 Å². The van der Waals surface area contributed by atoms with Gasteiger partial charge in [-0.3, -0.25) is 14.9 Å². The first-order chi connectivity index (χ1) is 12.1. The van der Waals surface area contributed by atoms with Crippen molar-refractivity contribution in [2.45, 2.75) is 19.8 Å². The number of thiophene rings is 1. The van der Waals surface area contributed by atoms with E-state index >= 15 is 0 Å². The molecule has 0 bridgehead atoms. The second-order valence-electron chi connectivity index (χ2n) is 5.49. The molecule has 0 spiro atoms. The van der Waals surface area contributed by atoms with Gasteiger partial charge in [0.2, 0.25) is 5.91 Å². The number of rotatable bonds is 6. The number of aryl methyl sites for hydroxylation is 2. The number of amides is 2. The SMILES string of the molecule is Cc1ccc(NC(=O)CCc2csc(NC(=O)c3cccs3)n2)cc1. The quantitative estimate of drug-likeness (QED) is 0.677. The fourth-order valence-corrected chi connectivity index (χ4v) is 3.51. The van der Waals surface area contributed by atoms with E-state index in [1.54, 1.807) is 6.07 Å². The molecule has 0 aliphatic rings. The molecule has 7 heteroatoms. The minimum absolute atomic E-state index is 0.0546. The molecule has 3 rings (SSSR count). The summed E-state index contributed by atoms with van der Waals surface area (Å²) in [5.41, 5.74) is 2.74. The topological polar surface area (TPSA) is 71.1 Å². The number of carbonyl (C=O) groups excluding carboxylic acids is 2. The molecule has 2 amide bonds. The molecule has 0 fully saturated rings. The van der Waals surface area contributed by atoms with Crippen molar-refractivity contribution >= 4 is 45.3 Å². The van der Waals surface area contributed by atoms with Crippen LogP contribution in [0.25, 0.3) is 0 Å². The average molecular weight is 371 g/mol. The summed E-state index contributed by atoms with van der Waals surface area (Å²) in [6, 6.07) is 11.3. The van der Waals surface area contributed by atoms with Crippen LogP contribution in [-0.4, -0.2) is 16.8 Å². The van der Waals surface area contributed by atoms with Crippen molar-refractivity contribution in [2.24, 2.45) is 0 Å². The van der Waals surface area contributed by atoms with Gasteiger partial charge >= 0.3 is 0 Å². The number of hydrogen-bond acceptors (Lipinski definition) is 5. The predicted octanol–water partition coefficient (Wildman–Crippen LogP) is 4.34. The molecule has 25 heavy (non-hydrogen) atoms. The van der Waals surface area contributed by atoms with Crippen LogP contribution < -0.4 is 10.6 Å². The Hall–Kier alpha value is -2.51. The van der Waals surface area contributed by atoms with Crippen LogP contribution in [0.2, 0.25) is 0 Å². The lowest BCUT2D eigenvalue weighted by atomic mass is 10.2. The van der Waals surface area contributed by atoms with E-state index in [1.165, 1.54) is 22.7 Å². The number of nitrogens with one attached hydrogen (secondary N) is 2. The average Bonchev–Trinajstić information content (AvgIpc) is 3.27. The maximum Gasteiger partial charge on any atom is 0.267 e. The summed E-state index contributed by atoms with van der Waals surface area (Å²) in [6.07, 6.45) is 0.874. The third-order valence-corrected chi connectivity index (χ3v) is 5.14. The zero-order valence-electron chi connectivity index (χ0n) is 13.6. The molecule has 2 aromatic heterocycles. The van der Waals surface area contributed by atoms with E-state index in [0.717, 1.165) is 16.9 Å². The minimum Gasteiger partial charge on any atom is -0.326 e. The largest absolute Gasteiger partial charge is 0.326 e. The number of hydrogen-bond donors (Lipinski definition) is 2. The lowest BCUT2D eigenvalue weighted by Gasteiger charge is -2.04. The first-order valence-corrected chi connectivity index (χ1v) is 9.52. The normalized spacial score (nSPS) is 10.4. The van der Waals surface area contributed by atoms with Gasteiger partial charge in [0.25, 0.3) is 5.91 Å². The van der Waals surface area contributed by atoms with Gasteiger partial charge in [-0.1, -0.05) is 23.8 Å². The summed E-state index contributed by atoms with van der Waals surface area (Å²) in [5.74, 6) is -0.214. The molecule has 2 N–H and O–H groups in total. The molecular formula is C18H17N3O2S2. The zero-order valence-corrected chi connectivity index (χ0v) is 15.2. The van der Waals surface area contributed by atoms with Crippen LogP contribution >= 0.6 is 22.7 Å². The maximum absolute atomic E-state index is 12.0. The molecule has 0 saturated heterocycles. The summed E-state index contributed by atoms with van der Waals surface area (Å²) in [4.78, 5) is 29.0. The van der Waals surface area contributed by atoms with Crippen molar-refractivity contribution in [3.63, 3.8) is 0 Å². The minimum atomic E-state index is -0.159. The first kappa shape index (κ1) is 17.3. The summed E-state index contributed by atoms with van der Waals surface area (Å²) in [5, 5.41) is 9.91. The fraction of sp³-hybridized carbons (Fsp3) is 0.167. The Kier molecular flexibility index (Phi) is 5.57. The van der Waals surface area contributed by atoms with Crippen LogP contribution in [0.3, 0.4) is 0 Å². The molecular weight excluding hydrogens is 354 g/mol. The fourth-order valence-electron chi connectivity index (χ4n) is 2.15. The van der Waals surface area contributed by atoms with E-state index in [1.807, 2.05) is 48.0 Å². The number of anilines is 2. The van der Waals surface area contributed by atoms with E-state index < -0.39 is 0 Å². The Morgan fingerprint density at radius 3 is 2.60 bits per heavy atom. The standard InChI is InChI=1S/C18H17N3O2S2/c1-12-4-6-13(7-5-12)19-16(22)9-8-14-11-25-18(20-14)21-17(23)15-3-2-10-24-15/h2-7,10-11H,8-9H2,1H3,(H,19,22)(H,20,21,23). The molecule has 1 aromatic carbocycles. The summed E-state index contributed by atoms with van der Waals surface area (Å²) >= 11 is 2.75. The molecule has 5 nitrogen and oxygen atoms in total. The highest BCUT2D eigenvalue weighted by Gasteiger charge is 2.11. The van der Waals surface area contributed by atoms with Gasteiger partial charge in [-0.15, -0.1) is 22.7 Å². The van der Waals surface area contributed by atoms with Crippen LogP contribution in [0.4, 0.5) is 10.8 Å². The predicted molar refractivity (Wildman–Crippen MR) is 103 cm³/mol. The van der Waals surface area contributed by atoms with Gasteiger partial charge in [0.05, 0.1) is 10.6 Å². The number of nitrogens with zero attached hydrogens (tertiary/aromatic N) is 1. The van der Waals surface area contributed by atoms with Gasteiger partial charge < -0.3 is 5.32 Å². The summed E-state index contributed by atoms with van der Waals surface area (Å²) < 4.78 is 0. The molecule has 2 heterocycles. The van der Waals surface area contributed by atoms with E-state index in [0.29, 0.717) is 22.9 Å². The Morgan fingerprint density at radius 1 is 1.08 bits per heavy atom. The second-order valence-corrected chi connectivity index (χ2v) is 7.30. The number of benzene rings is 1. The van der Waals surface area contributed by atoms with Crippen molar-refractivity contribution in [1.29, 1.82) is 0 Å². The van der Waals surface area contributed by atoms with Crippen LogP contribution in [0, 0.1) is 6.92 Å². The summed E-state index contributed by atoms with van der Waals surface area (Å²) in [7, 11) is 0. The van der Waals surface area contributed by atoms with Gasteiger partial charge in [-0.2, -0.15) is 0 Å². The van der Waals surface area contributed by atoms with Crippen molar-refractivity contribution in [2.75, 3.05) is 10.6 Å². The lowest BCUT2D eigenvalue weighted by Crippen LogP contribution is -2.12. The van der Waals surface area contributed by atoms with Gasteiger partial charge in [0.1, 0.15) is 0 Å². The van der Waals surface area contributed by atoms with Crippen molar-refractivity contribution in [3.05, 3.63) is 63.3 Å². The van der Waals surface area contributed by atoms with Crippen LogP contribution in [0.15, 0.2) is 47.2 Å². The third kappa shape index (κ3) is 4.98. The highest BCUT2D eigenvalue weighted by atomic mass is 32.1. The number of carbonyl (C=O) groups is 2. The van der Waals surface area contributed by atoms with Gasteiger partial charge in [-0.25, -0.2) is 4.98 Å². The Labute approximate surface area is 153 Å². The Bertz CT molecular complexity index is 855. The monoisotopic (exact) mass is 371 g/mol. The lowest BCUT2D eigenvalue weighted by molar-refractivity contribution is -0.116.